The van der Waals surface area contributed by atoms with Crippen LogP contribution in [0.4, 0.5) is 10.1 Å². The molecule has 0 amide bonds. The number of anilines is 1. The number of halogens is 2. The van der Waals surface area contributed by atoms with Crippen molar-refractivity contribution in [1.82, 2.24) is 0 Å². The van der Waals surface area contributed by atoms with Gasteiger partial charge in [0.1, 0.15) is 5.82 Å². The van der Waals surface area contributed by atoms with Gasteiger partial charge in [0.2, 0.25) is 0 Å². The van der Waals surface area contributed by atoms with Gasteiger partial charge >= 0.3 is 0 Å². The molecule has 1 atom stereocenters. The van der Waals surface area contributed by atoms with E-state index in [-0.39, 0.29) is 5.02 Å². The Morgan fingerprint density at radius 3 is 3.12 bits per heavy atom. The van der Waals surface area contributed by atoms with Gasteiger partial charge in [-0.05, 0) is 31.0 Å². The predicted octanol–water partition coefficient (Wildman–Crippen LogP) is 4.16. The summed E-state index contributed by atoms with van der Waals surface area (Å²) in [5.41, 5.74) is 0.690. The molecule has 1 heterocycles. The van der Waals surface area contributed by atoms with Gasteiger partial charge in [-0.15, -0.1) is 0 Å². The summed E-state index contributed by atoms with van der Waals surface area (Å²) in [6, 6.07) is 5.08. The van der Waals surface area contributed by atoms with Crippen molar-refractivity contribution in [3.8, 4) is 0 Å². The first kappa shape index (κ1) is 12.7. The lowest BCUT2D eigenvalue weighted by atomic mass is 10.2. The molecular formula is C12H14ClFN2S. The van der Waals surface area contributed by atoms with E-state index in [2.05, 4.69) is 17.2 Å². The number of hydrogen-bond acceptors (Lipinski definition) is 3. The Labute approximate surface area is 110 Å². The van der Waals surface area contributed by atoms with Crippen LogP contribution >= 0.6 is 23.4 Å². The standard InChI is InChI=1S/C12H14ClFN2S/c1-2-8-5-6-17-12(15-8)16-9-3-4-10(13)11(14)7-9/h3-4,7-8H,2,5-6H2,1H3,(H,15,16). The van der Waals surface area contributed by atoms with Crippen LogP contribution < -0.4 is 5.32 Å². The summed E-state index contributed by atoms with van der Waals surface area (Å²) >= 11 is 7.30. The highest BCUT2D eigenvalue weighted by molar-refractivity contribution is 8.14. The first-order valence-corrected chi connectivity index (χ1v) is 6.98. The zero-order chi connectivity index (χ0) is 12.3. The second kappa shape index (κ2) is 5.74. The molecule has 0 aliphatic carbocycles. The lowest BCUT2D eigenvalue weighted by molar-refractivity contribution is 0.628. The number of benzene rings is 1. The van der Waals surface area contributed by atoms with E-state index in [1.807, 2.05) is 0 Å². The molecule has 1 N–H and O–H groups in total. The van der Waals surface area contributed by atoms with Crippen molar-refractivity contribution in [2.24, 2.45) is 4.99 Å². The van der Waals surface area contributed by atoms with E-state index in [1.54, 1.807) is 23.9 Å². The molecule has 0 radical (unpaired) electrons. The molecule has 0 saturated heterocycles. The van der Waals surface area contributed by atoms with Crippen LogP contribution in [0.5, 0.6) is 0 Å². The van der Waals surface area contributed by atoms with E-state index < -0.39 is 5.82 Å². The maximum atomic E-state index is 13.3. The van der Waals surface area contributed by atoms with Crippen LogP contribution in [-0.2, 0) is 0 Å². The van der Waals surface area contributed by atoms with Crippen LogP contribution in [0.15, 0.2) is 23.2 Å². The first-order valence-electron chi connectivity index (χ1n) is 5.61. The summed E-state index contributed by atoms with van der Waals surface area (Å²) in [5.74, 6) is 0.644. The number of rotatable bonds is 2. The molecule has 17 heavy (non-hydrogen) atoms. The van der Waals surface area contributed by atoms with Gasteiger partial charge in [0.05, 0.1) is 11.1 Å². The highest BCUT2D eigenvalue weighted by atomic mass is 35.5. The average Bonchev–Trinajstić information content (AvgIpc) is 2.34. The minimum absolute atomic E-state index is 0.139. The Bertz CT molecular complexity index is 437. The third kappa shape index (κ3) is 3.36. The fraction of sp³-hybridized carbons (Fsp3) is 0.417. The molecule has 1 aromatic rings. The van der Waals surface area contributed by atoms with Gasteiger partial charge in [0.25, 0.3) is 0 Å². The van der Waals surface area contributed by atoms with E-state index >= 15 is 0 Å². The molecule has 0 fully saturated rings. The van der Waals surface area contributed by atoms with E-state index in [4.69, 9.17) is 11.6 Å². The van der Waals surface area contributed by atoms with E-state index in [0.717, 1.165) is 23.8 Å². The fourth-order valence-corrected chi connectivity index (χ4v) is 2.73. The van der Waals surface area contributed by atoms with Gasteiger partial charge in [0.15, 0.2) is 5.17 Å². The van der Waals surface area contributed by atoms with Crippen LogP contribution in [0.2, 0.25) is 5.02 Å². The second-order valence-corrected chi connectivity index (χ2v) is 5.38. The molecule has 2 rings (SSSR count). The number of hydrogen-bond donors (Lipinski definition) is 1. The highest BCUT2D eigenvalue weighted by Gasteiger charge is 2.14. The van der Waals surface area contributed by atoms with Crippen molar-refractivity contribution in [1.29, 1.82) is 0 Å². The molecule has 92 valence electrons. The van der Waals surface area contributed by atoms with Crippen molar-refractivity contribution >= 4 is 34.2 Å². The zero-order valence-corrected chi connectivity index (χ0v) is 11.1. The zero-order valence-electron chi connectivity index (χ0n) is 9.54. The maximum Gasteiger partial charge on any atom is 0.161 e. The molecule has 1 aliphatic heterocycles. The van der Waals surface area contributed by atoms with Crippen LogP contribution in [0, 0.1) is 5.82 Å². The van der Waals surface area contributed by atoms with Gasteiger partial charge in [-0.1, -0.05) is 30.3 Å². The van der Waals surface area contributed by atoms with Crippen molar-refractivity contribution in [2.75, 3.05) is 11.1 Å². The number of nitrogens with one attached hydrogen (secondary N) is 1. The van der Waals surface area contributed by atoms with Gasteiger partial charge in [-0.2, -0.15) is 0 Å². The van der Waals surface area contributed by atoms with E-state index in [1.165, 1.54) is 6.07 Å². The van der Waals surface area contributed by atoms with Crippen molar-refractivity contribution in [3.63, 3.8) is 0 Å². The average molecular weight is 273 g/mol. The summed E-state index contributed by atoms with van der Waals surface area (Å²) in [6.45, 7) is 2.13. The normalized spacial score (nSPS) is 19.9. The molecule has 2 nitrogen and oxygen atoms in total. The minimum Gasteiger partial charge on any atom is -0.335 e. The van der Waals surface area contributed by atoms with Crippen LogP contribution in [0.1, 0.15) is 19.8 Å². The monoisotopic (exact) mass is 272 g/mol. The Hall–Kier alpha value is -0.740. The molecule has 1 aromatic carbocycles. The van der Waals surface area contributed by atoms with Gasteiger partial charge < -0.3 is 5.32 Å². The van der Waals surface area contributed by atoms with Crippen molar-refractivity contribution in [2.45, 2.75) is 25.8 Å². The third-order valence-corrected chi connectivity index (χ3v) is 3.86. The Balaban J connectivity index is 2.09. The summed E-state index contributed by atoms with van der Waals surface area (Å²) in [7, 11) is 0. The number of thioether (sulfide) groups is 1. The SMILES string of the molecule is CCC1CCSC(Nc2ccc(Cl)c(F)c2)=N1. The second-order valence-electron chi connectivity index (χ2n) is 3.89. The number of amidine groups is 1. The summed E-state index contributed by atoms with van der Waals surface area (Å²) < 4.78 is 13.3. The highest BCUT2D eigenvalue weighted by Crippen LogP contribution is 2.23. The fourth-order valence-electron chi connectivity index (χ4n) is 1.62. The smallest absolute Gasteiger partial charge is 0.161 e. The summed E-state index contributed by atoms with van der Waals surface area (Å²) in [6.07, 6.45) is 2.15. The third-order valence-electron chi connectivity index (χ3n) is 2.63. The molecule has 0 spiro atoms. The summed E-state index contributed by atoms with van der Waals surface area (Å²) in [5, 5.41) is 4.13. The molecule has 1 unspecified atom stereocenters. The largest absolute Gasteiger partial charge is 0.335 e. The topological polar surface area (TPSA) is 24.4 Å². The molecule has 0 bridgehead atoms. The van der Waals surface area contributed by atoms with Crippen LogP contribution in [-0.4, -0.2) is 17.0 Å². The lowest BCUT2D eigenvalue weighted by Gasteiger charge is -2.19. The van der Waals surface area contributed by atoms with Gasteiger partial charge in [0, 0.05) is 11.4 Å². The van der Waals surface area contributed by atoms with E-state index in [9.17, 15) is 4.39 Å². The first-order chi connectivity index (χ1) is 8.19. The van der Waals surface area contributed by atoms with Crippen molar-refractivity contribution < 1.29 is 4.39 Å². The van der Waals surface area contributed by atoms with Gasteiger partial charge in [-0.3, -0.25) is 4.99 Å². The summed E-state index contributed by atoms with van der Waals surface area (Å²) in [4.78, 5) is 4.56. The predicted molar refractivity (Wildman–Crippen MR) is 73.6 cm³/mol. The van der Waals surface area contributed by atoms with Crippen LogP contribution in [0.25, 0.3) is 0 Å². The minimum atomic E-state index is -0.412. The number of aliphatic imine (C=N–C) groups is 1. The Morgan fingerprint density at radius 1 is 1.59 bits per heavy atom. The molecule has 0 aromatic heterocycles. The lowest BCUT2D eigenvalue weighted by Crippen LogP contribution is -2.19. The maximum absolute atomic E-state index is 13.3. The van der Waals surface area contributed by atoms with Gasteiger partial charge in [-0.25, -0.2) is 4.39 Å². The quantitative estimate of drug-likeness (QED) is 0.874. The number of nitrogens with zero attached hydrogens (tertiary/aromatic N) is 1. The Kier molecular flexibility index (Phi) is 4.29. The molecular weight excluding hydrogens is 259 g/mol. The Morgan fingerprint density at radius 2 is 2.41 bits per heavy atom. The molecule has 0 saturated carbocycles. The molecule has 5 heteroatoms. The molecule has 1 aliphatic rings. The van der Waals surface area contributed by atoms with Crippen molar-refractivity contribution in [3.05, 3.63) is 29.0 Å². The van der Waals surface area contributed by atoms with Crippen LogP contribution in [0.3, 0.4) is 0 Å². The van der Waals surface area contributed by atoms with E-state index in [0.29, 0.717) is 11.7 Å².